The van der Waals surface area contributed by atoms with Gasteiger partial charge in [-0.05, 0) is 31.2 Å². The molecule has 0 radical (unpaired) electrons. The van der Waals surface area contributed by atoms with Crippen LogP contribution < -0.4 is 5.32 Å². The second kappa shape index (κ2) is 6.10. The topological polar surface area (TPSA) is 56.1 Å². The third kappa shape index (κ3) is 2.74. The number of amides is 1. The molecule has 1 aromatic rings. The summed E-state index contributed by atoms with van der Waals surface area (Å²) in [5.74, 6) is 0.515. The molecule has 1 N–H and O–H groups in total. The summed E-state index contributed by atoms with van der Waals surface area (Å²) in [5, 5.41) is 11.8. The number of hydrogen-bond donors (Lipinski definition) is 1. The van der Waals surface area contributed by atoms with Crippen molar-refractivity contribution < 1.29 is 4.79 Å². The molecule has 2 fully saturated rings. The lowest BCUT2D eigenvalue weighted by Crippen LogP contribution is -2.47. The lowest BCUT2D eigenvalue weighted by atomic mass is 9.79. The van der Waals surface area contributed by atoms with Crippen LogP contribution >= 0.6 is 0 Å². The number of hydrogen-bond acceptors (Lipinski definition) is 3. The summed E-state index contributed by atoms with van der Waals surface area (Å²) in [4.78, 5) is 15.1. The van der Waals surface area contributed by atoms with E-state index in [1.165, 1.54) is 5.56 Å². The van der Waals surface area contributed by atoms with E-state index in [2.05, 4.69) is 40.6 Å². The molecule has 1 aliphatic carbocycles. The highest BCUT2D eigenvalue weighted by molar-refractivity contribution is 5.84. The van der Waals surface area contributed by atoms with Gasteiger partial charge in [-0.15, -0.1) is 0 Å². The zero-order chi connectivity index (χ0) is 15.6. The Morgan fingerprint density at radius 1 is 1.50 bits per heavy atom. The molecular weight excluding hydrogens is 274 g/mol. The van der Waals surface area contributed by atoms with E-state index >= 15 is 0 Å². The Kier molecular flexibility index (Phi) is 4.17. The van der Waals surface area contributed by atoms with E-state index < -0.39 is 6.04 Å². The fourth-order valence-corrected chi connectivity index (χ4v) is 4.10. The maximum Gasteiger partial charge on any atom is 0.228 e. The van der Waals surface area contributed by atoms with E-state index in [9.17, 15) is 4.79 Å². The molecule has 2 aliphatic rings. The van der Waals surface area contributed by atoms with Crippen LogP contribution in [0.5, 0.6) is 0 Å². The van der Waals surface area contributed by atoms with E-state index in [4.69, 9.17) is 5.26 Å². The molecule has 1 saturated carbocycles. The van der Waals surface area contributed by atoms with E-state index in [0.717, 1.165) is 38.9 Å². The van der Waals surface area contributed by atoms with Gasteiger partial charge in [0.2, 0.25) is 5.91 Å². The summed E-state index contributed by atoms with van der Waals surface area (Å²) in [5.41, 5.74) is 1.02. The van der Waals surface area contributed by atoms with Crippen molar-refractivity contribution in [1.82, 2.24) is 10.2 Å². The predicted molar refractivity (Wildman–Crippen MR) is 84.7 cm³/mol. The second-order valence-corrected chi connectivity index (χ2v) is 6.72. The van der Waals surface area contributed by atoms with Crippen LogP contribution in [0.4, 0.5) is 0 Å². The summed E-state index contributed by atoms with van der Waals surface area (Å²) in [7, 11) is 0. The first-order valence-electron chi connectivity index (χ1n) is 8.11. The average Bonchev–Trinajstić information content (AvgIpc) is 3.05. The second-order valence-electron chi connectivity index (χ2n) is 6.72. The number of nitriles is 1. The lowest BCUT2D eigenvalue weighted by molar-refractivity contribution is -0.131. The number of benzene rings is 1. The molecule has 0 bridgehead atoms. The molecule has 4 heteroatoms. The monoisotopic (exact) mass is 297 g/mol. The van der Waals surface area contributed by atoms with Crippen LogP contribution in [0.25, 0.3) is 0 Å². The van der Waals surface area contributed by atoms with Crippen molar-refractivity contribution >= 4 is 5.91 Å². The van der Waals surface area contributed by atoms with Gasteiger partial charge in [0.25, 0.3) is 0 Å². The highest BCUT2D eigenvalue weighted by Crippen LogP contribution is 2.49. The van der Waals surface area contributed by atoms with Crippen molar-refractivity contribution in [3.63, 3.8) is 0 Å². The maximum atomic E-state index is 12.7. The number of fused-ring (bicyclic) bond motifs is 1. The molecule has 0 aromatic heterocycles. The molecule has 1 aliphatic heterocycles. The van der Waals surface area contributed by atoms with Gasteiger partial charge in [0.05, 0.1) is 11.5 Å². The van der Waals surface area contributed by atoms with Crippen molar-refractivity contribution in [3.8, 4) is 6.07 Å². The first-order valence-corrected chi connectivity index (χ1v) is 8.11. The highest BCUT2D eigenvalue weighted by Gasteiger charge is 2.54. The summed E-state index contributed by atoms with van der Waals surface area (Å²) < 4.78 is 0. The number of carbonyl (C=O) groups excluding carboxylic acids is 1. The number of rotatable bonds is 4. The molecule has 116 valence electrons. The molecule has 1 saturated heterocycles. The molecule has 0 spiro atoms. The minimum absolute atomic E-state index is 0.0830. The van der Waals surface area contributed by atoms with Gasteiger partial charge >= 0.3 is 0 Å². The van der Waals surface area contributed by atoms with Crippen LogP contribution in [-0.4, -0.2) is 29.9 Å². The largest absolute Gasteiger partial charge is 0.340 e. The van der Waals surface area contributed by atoms with Gasteiger partial charge in [0, 0.05) is 19.6 Å². The number of nitrogens with zero attached hydrogens (tertiary/aromatic N) is 2. The van der Waals surface area contributed by atoms with Crippen molar-refractivity contribution in [2.24, 2.45) is 11.3 Å². The van der Waals surface area contributed by atoms with E-state index in [0.29, 0.717) is 5.92 Å². The molecule has 3 rings (SSSR count). The van der Waals surface area contributed by atoms with Crippen molar-refractivity contribution in [1.29, 1.82) is 5.26 Å². The normalized spacial score (nSPS) is 28.8. The summed E-state index contributed by atoms with van der Waals surface area (Å²) in [6.07, 6.45) is 3.20. The van der Waals surface area contributed by atoms with Crippen LogP contribution in [0.3, 0.4) is 0 Å². The lowest BCUT2D eigenvalue weighted by Gasteiger charge is -2.28. The van der Waals surface area contributed by atoms with Crippen molar-refractivity contribution in [2.75, 3.05) is 13.1 Å². The van der Waals surface area contributed by atoms with Gasteiger partial charge in [0.1, 0.15) is 6.04 Å². The van der Waals surface area contributed by atoms with Crippen LogP contribution in [0, 0.1) is 22.7 Å². The van der Waals surface area contributed by atoms with Crippen molar-refractivity contribution in [3.05, 3.63) is 35.9 Å². The molecule has 1 amide bonds. The standard InChI is InChI=1S/C18H23N3O/c1-14(10-19)20-17(22)18-9-5-8-16(18)12-21(13-18)11-15-6-3-2-4-7-15/h2-4,6-7,14,16H,5,8-9,11-13H2,1H3,(H,20,22)/t14-,16+,18+/m0/s1. The molecular formula is C18H23N3O. The van der Waals surface area contributed by atoms with Gasteiger partial charge in [-0.2, -0.15) is 5.26 Å². The van der Waals surface area contributed by atoms with Gasteiger partial charge < -0.3 is 5.32 Å². The molecule has 1 heterocycles. The summed E-state index contributed by atoms with van der Waals surface area (Å²) in [6.45, 7) is 4.45. The van der Waals surface area contributed by atoms with Gasteiger partial charge in [-0.1, -0.05) is 36.8 Å². The fourth-order valence-electron chi connectivity index (χ4n) is 4.10. The minimum atomic E-state index is -0.411. The molecule has 1 aromatic carbocycles. The Labute approximate surface area is 132 Å². The first-order chi connectivity index (χ1) is 10.6. The van der Waals surface area contributed by atoms with E-state index in [-0.39, 0.29) is 11.3 Å². The van der Waals surface area contributed by atoms with Crippen molar-refractivity contribution in [2.45, 2.75) is 38.8 Å². The van der Waals surface area contributed by atoms with Crippen LogP contribution in [0.15, 0.2) is 30.3 Å². The molecule has 0 unspecified atom stereocenters. The molecule has 22 heavy (non-hydrogen) atoms. The van der Waals surface area contributed by atoms with Crippen LogP contribution in [0.1, 0.15) is 31.7 Å². The zero-order valence-corrected chi connectivity index (χ0v) is 13.1. The Morgan fingerprint density at radius 2 is 2.27 bits per heavy atom. The van der Waals surface area contributed by atoms with Gasteiger partial charge in [0.15, 0.2) is 0 Å². The van der Waals surface area contributed by atoms with Crippen LogP contribution in [0.2, 0.25) is 0 Å². The third-order valence-electron chi connectivity index (χ3n) is 5.18. The SMILES string of the molecule is C[C@@H](C#N)NC(=O)[C@@]12CCC[C@@H]1CN(Cc1ccccc1)C2. The number of likely N-dealkylation sites (tertiary alicyclic amines) is 1. The Hall–Kier alpha value is -1.86. The minimum Gasteiger partial charge on any atom is -0.340 e. The third-order valence-corrected chi connectivity index (χ3v) is 5.18. The van der Waals surface area contributed by atoms with E-state index in [1.807, 2.05) is 6.07 Å². The van der Waals surface area contributed by atoms with E-state index in [1.54, 1.807) is 6.92 Å². The summed E-state index contributed by atoms with van der Waals surface area (Å²) in [6, 6.07) is 12.1. The smallest absolute Gasteiger partial charge is 0.228 e. The van der Waals surface area contributed by atoms with Crippen LogP contribution in [-0.2, 0) is 11.3 Å². The number of nitrogens with one attached hydrogen (secondary N) is 1. The van der Waals surface area contributed by atoms with Gasteiger partial charge in [-0.25, -0.2) is 0 Å². The average molecular weight is 297 g/mol. The molecule has 4 nitrogen and oxygen atoms in total. The predicted octanol–water partition coefficient (Wildman–Crippen LogP) is 2.32. The Bertz CT molecular complexity index is 580. The Morgan fingerprint density at radius 3 is 3.00 bits per heavy atom. The maximum absolute atomic E-state index is 12.7. The highest BCUT2D eigenvalue weighted by atomic mass is 16.2. The zero-order valence-electron chi connectivity index (χ0n) is 13.1. The van der Waals surface area contributed by atoms with Gasteiger partial charge in [-0.3, -0.25) is 9.69 Å². The Balaban J connectivity index is 1.71. The quantitative estimate of drug-likeness (QED) is 0.928. The summed E-state index contributed by atoms with van der Waals surface area (Å²) >= 11 is 0. The fraction of sp³-hybridized carbons (Fsp3) is 0.556. The first kappa shape index (κ1) is 15.1. The number of carbonyl (C=O) groups is 1. The molecule has 3 atom stereocenters.